The maximum Gasteiger partial charge on any atom is 0.127 e. The summed E-state index contributed by atoms with van der Waals surface area (Å²) in [7, 11) is 1.77. The van der Waals surface area contributed by atoms with Crippen LogP contribution in [0.25, 0.3) is 0 Å². The van der Waals surface area contributed by atoms with Crippen molar-refractivity contribution in [2.24, 2.45) is 5.73 Å². The minimum atomic E-state index is 0.237. The number of nitrogens with zero attached hydrogens (tertiary/aromatic N) is 1. The van der Waals surface area contributed by atoms with Gasteiger partial charge in [0.1, 0.15) is 11.9 Å². The van der Waals surface area contributed by atoms with E-state index in [9.17, 15) is 0 Å². The van der Waals surface area contributed by atoms with Crippen molar-refractivity contribution in [3.8, 4) is 5.75 Å². The van der Waals surface area contributed by atoms with Crippen molar-refractivity contribution in [1.82, 2.24) is 4.98 Å². The van der Waals surface area contributed by atoms with Gasteiger partial charge in [-0.3, -0.25) is 4.98 Å². The molecule has 1 aromatic heterocycles. The van der Waals surface area contributed by atoms with E-state index in [0.717, 1.165) is 37.0 Å². The van der Waals surface area contributed by atoms with E-state index in [2.05, 4.69) is 4.98 Å². The van der Waals surface area contributed by atoms with E-state index in [4.69, 9.17) is 15.2 Å². The lowest BCUT2D eigenvalue weighted by Crippen LogP contribution is -2.29. The third-order valence-corrected chi connectivity index (χ3v) is 3.28. The molecule has 1 aromatic rings. The Kier molecular flexibility index (Phi) is 4.34. The summed E-state index contributed by atoms with van der Waals surface area (Å²) < 4.78 is 11.4. The number of hydrogen-bond acceptors (Lipinski definition) is 4. The largest absolute Gasteiger partial charge is 0.490 e. The predicted octanol–water partition coefficient (Wildman–Crippen LogP) is 1.88. The van der Waals surface area contributed by atoms with E-state index in [0.29, 0.717) is 12.6 Å². The van der Waals surface area contributed by atoms with Crippen LogP contribution in [0.1, 0.15) is 31.2 Å². The average molecular weight is 236 g/mol. The lowest BCUT2D eigenvalue weighted by molar-refractivity contribution is 0.0206. The highest BCUT2D eigenvalue weighted by Gasteiger charge is 2.23. The summed E-state index contributed by atoms with van der Waals surface area (Å²) in [5.74, 6) is 0.865. The Balaban J connectivity index is 2.00. The second-order valence-electron chi connectivity index (χ2n) is 4.45. The van der Waals surface area contributed by atoms with Crippen LogP contribution in [0.15, 0.2) is 18.5 Å². The lowest BCUT2D eigenvalue weighted by atomic mass is 9.95. The quantitative estimate of drug-likeness (QED) is 0.867. The van der Waals surface area contributed by atoms with Gasteiger partial charge < -0.3 is 15.2 Å². The standard InChI is InChI=1S/C13H20N2O2/c1-16-11-3-2-4-12(7-11)17-13-5-6-15-9-10(13)8-14/h5-6,9,11-12H,2-4,7-8,14H2,1H3. The van der Waals surface area contributed by atoms with Gasteiger partial charge in [0, 0.05) is 38.0 Å². The molecule has 0 amide bonds. The third-order valence-electron chi connectivity index (χ3n) is 3.28. The zero-order chi connectivity index (χ0) is 12.1. The Morgan fingerprint density at radius 2 is 2.24 bits per heavy atom. The summed E-state index contributed by atoms with van der Waals surface area (Å²) >= 11 is 0. The summed E-state index contributed by atoms with van der Waals surface area (Å²) in [4.78, 5) is 4.06. The summed E-state index contributed by atoms with van der Waals surface area (Å²) in [5, 5.41) is 0. The Morgan fingerprint density at radius 1 is 1.41 bits per heavy atom. The molecule has 1 heterocycles. The summed E-state index contributed by atoms with van der Waals surface area (Å²) in [6, 6.07) is 1.89. The van der Waals surface area contributed by atoms with Gasteiger partial charge in [-0.25, -0.2) is 0 Å². The highest BCUT2D eigenvalue weighted by Crippen LogP contribution is 2.26. The first kappa shape index (κ1) is 12.3. The van der Waals surface area contributed by atoms with Crippen molar-refractivity contribution < 1.29 is 9.47 Å². The van der Waals surface area contributed by atoms with Crippen LogP contribution >= 0.6 is 0 Å². The lowest BCUT2D eigenvalue weighted by Gasteiger charge is -2.29. The molecule has 0 saturated heterocycles. The molecule has 0 radical (unpaired) electrons. The molecule has 1 aliphatic rings. The van der Waals surface area contributed by atoms with Crippen molar-refractivity contribution in [3.63, 3.8) is 0 Å². The topological polar surface area (TPSA) is 57.4 Å². The first-order chi connectivity index (χ1) is 8.33. The molecule has 4 nitrogen and oxygen atoms in total. The molecule has 0 aliphatic heterocycles. The number of ether oxygens (including phenoxy) is 2. The molecule has 2 rings (SSSR count). The fraction of sp³-hybridized carbons (Fsp3) is 0.615. The van der Waals surface area contributed by atoms with E-state index in [-0.39, 0.29) is 6.10 Å². The van der Waals surface area contributed by atoms with Gasteiger partial charge in [-0.2, -0.15) is 0 Å². The Labute approximate surface area is 102 Å². The molecule has 17 heavy (non-hydrogen) atoms. The number of hydrogen-bond donors (Lipinski definition) is 1. The van der Waals surface area contributed by atoms with Crippen molar-refractivity contribution >= 4 is 0 Å². The van der Waals surface area contributed by atoms with Gasteiger partial charge in [-0.1, -0.05) is 0 Å². The van der Waals surface area contributed by atoms with Crippen LogP contribution in [0.2, 0.25) is 0 Å². The van der Waals surface area contributed by atoms with Gasteiger partial charge in [0.15, 0.2) is 0 Å². The number of rotatable bonds is 4. The van der Waals surface area contributed by atoms with Gasteiger partial charge in [0.25, 0.3) is 0 Å². The van der Waals surface area contributed by atoms with E-state index in [1.165, 1.54) is 0 Å². The van der Waals surface area contributed by atoms with Crippen LogP contribution in [0, 0.1) is 0 Å². The highest BCUT2D eigenvalue weighted by molar-refractivity contribution is 5.30. The summed E-state index contributed by atoms with van der Waals surface area (Å²) in [6.07, 6.45) is 8.42. The first-order valence-electron chi connectivity index (χ1n) is 6.16. The zero-order valence-corrected chi connectivity index (χ0v) is 10.3. The Hall–Kier alpha value is -1.13. The number of pyridine rings is 1. The van der Waals surface area contributed by atoms with E-state index < -0.39 is 0 Å². The molecular weight excluding hydrogens is 216 g/mol. The molecule has 1 fully saturated rings. The van der Waals surface area contributed by atoms with E-state index in [1.807, 2.05) is 6.07 Å². The zero-order valence-electron chi connectivity index (χ0n) is 10.3. The van der Waals surface area contributed by atoms with Crippen LogP contribution in [0.4, 0.5) is 0 Å². The van der Waals surface area contributed by atoms with Crippen molar-refractivity contribution in [2.45, 2.75) is 44.4 Å². The first-order valence-corrected chi connectivity index (χ1v) is 6.16. The van der Waals surface area contributed by atoms with Gasteiger partial charge in [-0.05, 0) is 25.3 Å². The second-order valence-corrected chi connectivity index (χ2v) is 4.45. The van der Waals surface area contributed by atoms with Crippen LogP contribution in [-0.2, 0) is 11.3 Å². The van der Waals surface area contributed by atoms with Crippen LogP contribution in [-0.4, -0.2) is 24.3 Å². The fourth-order valence-corrected chi connectivity index (χ4v) is 2.29. The fourth-order valence-electron chi connectivity index (χ4n) is 2.29. The predicted molar refractivity (Wildman–Crippen MR) is 65.8 cm³/mol. The summed E-state index contributed by atoms with van der Waals surface area (Å²) in [6.45, 7) is 0.462. The van der Waals surface area contributed by atoms with Crippen LogP contribution in [0.3, 0.4) is 0 Å². The maximum absolute atomic E-state index is 6.01. The molecule has 4 heteroatoms. The normalized spacial score (nSPS) is 24.6. The molecule has 1 saturated carbocycles. The van der Waals surface area contributed by atoms with Gasteiger partial charge >= 0.3 is 0 Å². The van der Waals surface area contributed by atoms with Crippen LogP contribution < -0.4 is 10.5 Å². The van der Waals surface area contributed by atoms with Crippen LogP contribution in [0.5, 0.6) is 5.75 Å². The minimum Gasteiger partial charge on any atom is -0.490 e. The molecular formula is C13H20N2O2. The molecule has 2 atom stereocenters. The monoisotopic (exact) mass is 236 g/mol. The van der Waals surface area contributed by atoms with Gasteiger partial charge in [-0.15, -0.1) is 0 Å². The van der Waals surface area contributed by atoms with Gasteiger partial charge in [0.05, 0.1) is 6.10 Å². The number of aromatic nitrogens is 1. The number of nitrogens with two attached hydrogens (primary N) is 1. The summed E-state index contributed by atoms with van der Waals surface area (Å²) in [5.41, 5.74) is 6.63. The minimum absolute atomic E-state index is 0.237. The third kappa shape index (κ3) is 3.17. The maximum atomic E-state index is 6.01. The molecule has 2 unspecified atom stereocenters. The SMILES string of the molecule is COC1CCCC(Oc2ccncc2CN)C1. The molecule has 0 spiro atoms. The second kappa shape index (κ2) is 5.98. The molecule has 0 bridgehead atoms. The van der Waals surface area contributed by atoms with Crippen molar-refractivity contribution in [3.05, 3.63) is 24.0 Å². The van der Waals surface area contributed by atoms with Gasteiger partial charge in [0.2, 0.25) is 0 Å². The number of methoxy groups -OCH3 is 1. The van der Waals surface area contributed by atoms with Crippen molar-refractivity contribution in [1.29, 1.82) is 0 Å². The molecule has 2 N–H and O–H groups in total. The van der Waals surface area contributed by atoms with E-state index in [1.54, 1.807) is 19.5 Å². The van der Waals surface area contributed by atoms with E-state index >= 15 is 0 Å². The Morgan fingerprint density at radius 3 is 3.00 bits per heavy atom. The highest BCUT2D eigenvalue weighted by atomic mass is 16.5. The average Bonchev–Trinajstić information content (AvgIpc) is 2.39. The Bertz CT molecular complexity index is 357. The smallest absolute Gasteiger partial charge is 0.127 e. The molecule has 0 aromatic carbocycles. The molecule has 94 valence electrons. The van der Waals surface area contributed by atoms with Crippen molar-refractivity contribution in [2.75, 3.05) is 7.11 Å². The molecule has 1 aliphatic carbocycles.